The molecule has 0 unspecified atom stereocenters. The van der Waals surface area contributed by atoms with Crippen LogP contribution in [-0.2, 0) is 4.79 Å². The Bertz CT molecular complexity index is 439. The van der Waals surface area contributed by atoms with Crippen LogP contribution in [0, 0.1) is 0 Å². The normalized spacial score (nSPS) is 20.8. The van der Waals surface area contributed by atoms with E-state index in [1.54, 1.807) is 0 Å². The minimum Gasteiger partial charge on any atom is -0.355 e. The quantitative estimate of drug-likeness (QED) is 0.870. The first-order valence-electron chi connectivity index (χ1n) is 6.99. The summed E-state index contributed by atoms with van der Waals surface area (Å²) in [6, 6.07) is 10.2. The second-order valence-electron chi connectivity index (χ2n) is 5.12. The van der Waals surface area contributed by atoms with Crippen LogP contribution in [0.5, 0.6) is 0 Å². The van der Waals surface area contributed by atoms with E-state index in [1.807, 2.05) is 18.2 Å². The lowest BCUT2D eigenvalue weighted by molar-refractivity contribution is -0.122. The molecule has 0 bridgehead atoms. The average Bonchev–Trinajstić information content (AvgIpc) is 2.62. The van der Waals surface area contributed by atoms with E-state index in [2.05, 4.69) is 35.8 Å². The molecular formula is C16H22N2O. The molecule has 102 valence electrons. The molecule has 3 heteroatoms. The van der Waals surface area contributed by atoms with E-state index in [1.165, 1.54) is 11.1 Å². The molecule has 1 saturated heterocycles. The van der Waals surface area contributed by atoms with Crippen LogP contribution in [0.2, 0.25) is 0 Å². The van der Waals surface area contributed by atoms with Crippen molar-refractivity contribution in [1.29, 1.82) is 0 Å². The van der Waals surface area contributed by atoms with E-state index >= 15 is 0 Å². The molecule has 0 spiro atoms. The van der Waals surface area contributed by atoms with Gasteiger partial charge < -0.3 is 10.6 Å². The molecule has 1 amide bonds. The average molecular weight is 258 g/mol. The molecule has 19 heavy (non-hydrogen) atoms. The molecule has 2 N–H and O–H groups in total. The van der Waals surface area contributed by atoms with Gasteiger partial charge in [-0.25, -0.2) is 0 Å². The number of carbonyl (C=O) groups excluding carboxylic acids is 1. The van der Waals surface area contributed by atoms with E-state index in [-0.39, 0.29) is 11.9 Å². The summed E-state index contributed by atoms with van der Waals surface area (Å²) in [5.74, 6) is 0.144. The molecule has 1 heterocycles. The molecule has 1 fully saturated rings. The maximum absolute atomic E-state index is 11.8. The van der Waals surface area contributed by atoms with Crippen LogP contribution in [0.4, 0.5) is 0 Å². The van der Waals surface area contributed by atoms with Crippen LogP contribution in [0.1, 0.15) is 31.7 Å². The highest BCUT2D eigenvalue weighted by Gasteiger charge is 2.19. The third kappa shape index (κ3) is 4.52. The standard InChI is InChI=1S/C16H22N2O/c1-13(11-14-7-3-2-4-8-14)12-18-15-9-5-6-10-17-16(15)19/h2-4,7-8,11,15,18H,5-6,9-10,12H2,1H3,(H,17,19)/t15-/m1/s1. The van der Waals surface area contributed by atoms with E-state index in [0.29, 0.717) is 0 Å². The Kier molecular flexibility index (Phi) is 5.16. The topological polar surface area (TPSA) is 41.1 Å². The van der Waals surface area contributed by atoms with Gasteiger partial charge in [-0.15, -0.1) is 0 Å². The Morgan fingerprint density at radius 3 is 2.95 bits per heavy atom. The molecule has 1 aliphatic rings. The van der Waals surface area contributed by atoms with Crippen molar-refractivity contribution in [2.45, 2.75) is 32.2 Å². The Labute approximate surface area is 115 Å². The van der Waals surface area contributed by atoms with Crippen molar-refractivity contribution >= 4 is 12.0 Å². The van der Waals surface area contributed by atoms with Gasteiger partial charge in [-0.3, -0.25) is 4.79 Å². The van der Waals surface area contributed by atoms with Gasteiger partial charge in [0.05, 0.1) is 6.04 Å². The van der Waals surface area contributed by atoms with Crippen molar-refractivity contribution in [3.05, 3.63) is 41.5 Å². The highest BCUT2D eigenvalue weighted by molar-refractivity contribution is 5.81. The fourth-order valence-corrected chi connectivity index (χ4v) is 2.30. The summed E-state index contributed by atoms with van der Waals surface area (Å²) in [7, 11) is 0. The Balaban J connectivity index is 1.87. The molecule has 0 saturated carbocycles. The SMILES string of the molecule is CC(=Cc1ccccc1)CN[C@@H]1CCCCNC1=O. The second kappa shape index (κ2) is 7.10. The molecule has 0 aromatic heterocycles. The Morgan fingerprint density at radius 2 is 2.16 bits per heavy atom. The molecule has 3 nitrogen and oxygen atoms in total. The van der Waals surface area contributed by atoms with E-state index in [0.717, 1.165) is 32.4 Å². The number of benzene rings is 1. The first kappa shape index (κ1) is 13.8. The molecule has 1 atom stereocenters. The van der Waals surface area contributed by atoms with Crippen molar-refractivity contribution in [3.8, 4) is 0 Å². The van der Waals surface area contributed by atoms with Crippen molar-refractivity contribution in [2.75, 3.05) is 13.1 Å². The van der Waals surface area contributed by atoms with Gasteiger partial charge in [0.15, 0.2) is 0 Å². The molecule has 1 aromatic carbocycles. The fraction of sp³-hybridized carbons (Fsp3) is 0.438. The Morgan fingerprint density at radius 1 is 1.37 bits per heavy atom. The molecule has 0 aliphatic carbocycles. The molecular weight excluding hydrogens is 236 g/mol. The van der Waals surface area contributed by atoms with Gasteiger partial charge in [-0.05, 0) is 31.7 Å². The number of carbonyl (C=O) groups is 1. The summed E-state index contributed by atoms with van der Waals surface area (Å²) < 4.78 is 0. The highest BCUT2D eigenvalue weighted by atomic mass is 16.2. The summed E-state index contributed by atoms with van der Waals surface area (Å²) in [4.78, 5) is 11.8. The van der Waals surface area contributed by atoms with Gasteiger partial charge in [-0.1, -0.05) is 42.0 Å². The molecule has 2 rings (SSSR count). The lowest BCUT2D eigenvalue weighted by Gasteiger charge is -2.15. The zero-order valence-corrected chi connectivity index (χ0v) is 11.5. The largest absolute Gasteiger partial charge is 0.355 e. The zero-order valence-electron chi connectivity index (χ0n) is 11.5. The third-order valence-electron chi connectivity index (χ3n) is 3.38. The molecule has 1 aliphatic heterocycles. The number of hydrogen-bond acceptors (Lipinski definition) is 2. The van der Waals surface area contributed by atoms with E-state index < -0.39 is 0 Å². The third-order valence-corrected chi connectivity index (χ3v) is 3.38. The highest BCUT2D eigenvalue weighted by Crippen LogP contribution is 2.08. The van der Waals surface area contributed by atoms with Crippen molar-refractivity contribution < 1.29 is 4.79 Å². The van der Waals surface area contributed by atoms with E-state index in [9.17, 15) is 4.79 Å². The van der Waals surface area contributed by atoms with Crippen molar-refractivity contribution in [3.63, 3.8) is 0 Å². The van der Waals surface area contributed by atoms with Gasteiger partial charge >= 0.3 is 0 Å². The molecule has 1 aromatic rings. The predicted octanol–water partition coefficient (Wildman–Crippen LogP) is 2.35. The zero-order chi connectivity index (χ0) is 13.5. The van der Waals surface area contributed by atoms with Crippen molar-refractivity contribution in [1.82, 2.24) is 10.6 Å². The van der Waals surface area contributed by atoms with Gasteiger partial charge in [0.25, 0.3) is 0 Å². The lowest BCUT2D eigenvalue weighted by Crippen LogP contribution is -2.43. The number of nitrogens with one attached hydrogen (secondary N) is 2. The fourth-order valence-electron chi connectivity index (χ4n) is 2.30. The first-order valence-corrected chi connectivity index (χ1v) is 6.99. The second-order valence-corrected chi connectivity index (χ2v) is 5.12. The van der Waals surface area contributed by atoms with Gasteiger partial charge in [0, 0.05) is 13.1 Å². The smallest absolute Gasteiger partial charge is 0.237 e. The lowest BCUT2D eigenvalue weighted by atomic mass is 10.1. The van der Waals surface area contributed by atoms with Crippen LogP contribution in [-0.4, -0.2) is 25.0 Å². The monoisotopic (exact) mass is 258 g/mol. The number of amides is 1. The maximum Gasteiger partial charge on any atom is 0.237 e. The van der Waals surface area contributed by atoms with Crippen LogP contribution >= 0.6 is 0 Å². The number of hydrogen-bond donors (Lipinski definition) is 2. The van der Waals surface area contributed by atoms with Crippen LogP contribution in [0.15, 0.2) is 35.9 Å². The molecule has 0 radical (unpaired) electrons. The summed E-state index contributed by atoms with van der Waals surface area (Å²) in [5, 5.41) is 6.30. The summed E-state index contributed by atoms with van der Waals surface area (Å²) in [5.41, 5.74) is 2.44. The predicted molar refractivity (Wildman–Crippen MR) is 78.7 cm³/mol. The van der Waals surface area contributed by atoms with Gasteiger partial charge in [0.2, 0.25) is 5.91 Å². The summed E-state index contributed by atoms with van der Waals surface area (Å²) in [6.07, 6.45) is 5.28. The first-order chi connectivity index (χ1) is 9.25. The summed E-state index contributed by atoms with van der Waals surface area (Å²) in [6.45, 7) is 3.66. The minimum absolute atomic E-state index is 0.0402. The van der Waals surface area contributed by atoms with Gasteiger partial charge in [0.1, 0.15) is 0 Å². The summed E-state index contributed by atoms with van der Waals surface area (Å²) >= 11 is 0. The number of rotatable bonds is 4. The van der Waals surface area contributed by atoms with E-state index in [4.69, 9.17) is 0 Å². The minimum atomic E-state index is -0.0402. The maximum atomic E-state index is 11.8. The van der Waals surface area contributed by atoms with Crippen LogP contribution in [0.25, 0.3) is 6.08 Å². The van der Waals surface area contributed by atoms with Crippen LogP contribution in [0.3, 0.4) is 0 Å². The van der Waals surface area contributed by atoms with Crippen molar-refractivity contribution in [2.24, 2.45) is 0 Å². The Hall–Kier alpha value is -1.61. The van der Waals surface area contributed by atoms with Crippen LogP contribution < -0.4 is 10.6 Å². The van der Waals surface area contributed by atoms with Gasteiger partial charge in [-0.2, -0.15) is 0 Å².